The van der Waals surface area contributed by atoms with Gasteiger partial charge in [-0.1, -0.05) is 11.8 Å². The van der Waals surface area contributed by atoms with Gasteiger partial charge in [-0.3, -0.25) is 0 Å². The molecule has 1 aromatic carbocycles. The first kappa shape index (κ1) is 15.2. The molecule has 2 unspecified atom stereocenters. The molecule has 1 heterocycles. The summed E-state index contributed by atoms with van der Waals surface area (Å²) in [5.41, 5.74) is 0.369. The van der Waals surface area contributed by atoms with Crippen LogP contribution in [0, 0.1) is 17.7 Å². The van der Waals surface area contributed by atoms with E-state index in [2.05, 4.69) is 11.8 Å². The summed E-state index contributed by atoms with van der Waals surface area (Å²) in [4.78, 5) is 0. The molecule has 2 rings (SSSR count). The topological polar surface area (TPSA) is 18.5 Å². The van der Waals surface area contributed by atoms with Gasteiger partial charge in [0.25, 0.3) is 0 Å². The van der Waals surface area contributed by atoms with Gasteiger partial charge >= 0.3 is 0 Å². The monoisotopic (exact) mass is 296 g/mol. The number of benzene rings is 1. The van der Waals surface area contributed by atoms with Crippen LogP contribution in [-0.2, 0) is 4.74 Å². The molecule has 1 aromatic rings. The van der Waals surface area contributed by atoms with Gasteiger partial charge in [0.2, 0.25) is 0 Å². The predicted molar refractivity (Wildman–Crippen MR) is 77.7 cm³/mol. The molecule has 0 amide bonds. The first-order valence-electron chi connectivity index (χ1n) is 6.81. The van der Waals surface area contributed by atoms with Gasteiger partial charge in [-0.15, -0.1) is 11.6 Å². The summed E-state index contributed by atoms with van der Waals surface area (Å²) in [7, 11) is 0. The van der Waals surface area contributed by atoms with E-state index in [4.69, 9.17) is 21.1 Å². The van der Waals surface area contributed by atoms with Crippen LogP contribution in [0.1, 0.15) is 31.7 Å². The van der Waals surface area contributed by atoms with E-state index in [1.807, 2.05) is 6.92 Å². The average molecular weight is 297 g/mol. The lowest BCUT2D eigenvalue weighted by atomic mass is 10.2. The van der Waals surface area contributed by atoms with Crippen molar-refractivity contribution in [1.29, 1.82) is 0 Å². The Balaban J connectivity index is 1.90. The molecule has 1 aliphatic rings. The minimum Gasteiger partial charge on any atom is -0.491 e. The smallest absolute Gasteiger partial charge is 0.142 e. The summed E-state index contributed by atoms with van der Waals surface area (Å²) in [5.74, 6) is 6.16. The molecular formula is C16H18ClFO2. The highest BCUT2D eigenvalue weighted by Crippen LogP contribution is 2.21. The van der Waals surface area contributed by atoms with Crippen molar-refractivity contribution in [2.45, 2.75) is 38.4 Å². The third-order valence-corrected chi connectivity index (χ3v) is 3.33. The molecule has 0 saturated carbocycles. The van der Waals surface area contributed by atoms with Crippen LogP contribution in [0.15, 0.2) is 18.2 Å². The molecule has 108 valence electrons. The fraction of sp³-hybridized carbons (Fsp3) is 0.500. The van der Waals surface area contributed by atoms with E-state index in [0.717, 1.165) is 12.8 Å². The Kier molecular flexibility index (Phi) is 5.70. The predicted octanol–water partition coefficient (Wildman–Crippen LogP) is 3.75. The van der Waals surface area contributed by atoms with Crippen LogP contribution in [-0.4, -0.2) is 24.7 Å². The summed E-state index contributed by atoms with van der Waals surface area (Å²) >= 11 is 5.52. The van der Waals surface area contributed by atoms with Crippen LogP contribution in [0.3, 0.4) is 0 Å². The van der Waals surface area contributed by atoms with Gasteiger partial charge in [0.15, 0.2) is 0 Å². The van der Waals surface area contributed by atoms with Gasteiger partial charge < -0.3 is 9.47 Å². The highest BCUT2D eigenvalue weighted by molar-refractivity contribution is 6.18. The average Bonchev–Trinajstić information content (AvgIpc) is 2.85. The maximum absolute atomic E-state index is 13.8. The van der Waals surface area contributed by atoms with E-state index in [1.54, 1.807) is 12.1 Å². The first-order chi connectivity index (χ1) is 9.69. The molecular weight excluding hydrogens is 279 g/mol. The van der Waals surface area contributed by atoms with Crippen molar-refractivity contribution in [3.05, 3.63) is 29.6 Å². The molecule has 0 aromatic heterocycles. The zero-order valence-corrected chi connectivity index (χ0v) is 12.3. The fourth-order valence-corrected chi connectivity index (χ4v) is 2.18. The summed E-state index contributed by atoms with van der Waals surface area (Å²) < 4.78 is 25.0. The van der Waals surface area contributed by atoms with Crippen molar-refractivity contribution in [1.82, 2.24) is 0 Å². The molecule has 1 aliphatic heterocycles. The molecule has 0 aliphatic carbocycles. The van der Waals surface area contributed by atoms with E-state index in [9.17, 15) is 4.39 Å². The van der Waals surface area contributed by atoms with Gasteiger partial charge in [-0.25, -0.2) is 4.39 Å². The number of halogens is 2. The molecule has 0 N–H and O–H groups in total. The Bertz CT molecular complexity index is 507. The standard InChI is InChI=1S/C16H18ClFO2/c1-12-5-7-15(20-12)11-19-14-8-6-13(16(18)10-14)4-2-3-9-17/h6,8,10,12,15H,3,5,7,9,11H2,1H3. The highest BCUT2D eigenvalue weighted by atomic mass is 35.5. The molecule has 1 fully saturated rings. The SMILES string of the molecule is CC1CCC(COc2ccc(C#CCCCl)c(F)c2)O1. The zero-order chi connectivity index (χ0) is 14.4. The molecule has 0 spiro atoms. The molecule has 2 atom stereocenters. The number of rotatable bonds is 4. The zero-order valence-electron chi connectivity index (χ0n) is 11.5. The number of hydrogen-bond donors (Lipinski definition) is 0. The second-order valence-corrected chi connectivity index (χ2v) is 5.22. The molecule has 0 radical (unpaired) electrons. The quantitative estimate of drug-likeness (QED) is 0.622. The van der Waals surface area contributed by atoms with Crippen LogP contribution in [0.2, 0.25) is 0 Å². The number of alkyl halides is 1. The summed E-state index contributed by atoms with van der Waals surface area (Å²) in [6, 6.07) is 4.72. The van der Waals surface area contributed by atoms with Gasteiger partial charge in [0, 0.05) is 18.4 Å². The van der Waals surface area contributed by atoms with E-state index >= 15 is 0 Å². The van der Waals surface area contributed by atoms with Gasteiger partial charge in [0.05, 0.1) is 17.8 Å². The third kappa shape index (κ3) is 4.40. The maximum Gasteiger partial charge on any atom is 0.142 e. The van der Waals surface area contributed by atoms with Crippen molar-refractivity contribution in [2.24, 2.45) is 0 Å². The lowest BCUT2D eigenvalue weighted by molar-refractivity contribution is 0.0264. The van der Waals surface area contributed by atoms with E-state index in [-0.39, 0.29) is 11.9 Å². The minimum atomic E-state index is -0.370. The maximum atomic E-state index is 13.8. The van der Waals surface area contributed by atoms with Crippen molar-refractivity contribution >= 4 is 11.6 Å². The first-order valence-corrected chi connectivity index (χ1v) is 7.35. The molecule has 20 heavy (non-hydrogen) atoms. The summed E-state index contributed by atoms with van der Waals surface area (Å²) in [5, 5.41) is 0. The summed E-state index contributed by atoms with van der Waals surface area (Å²) in [6.07, 6.45) is 3.00. The highest BCUT2D eigenvalue weighted by Gasteiger charge is 2.22. The van der Waals surface area contributed by atoms with Crippen LogP contribution < -0.4 is 4.74 Å². The number of hydrogen-bond acceptors (Lipinski definition) is 2. The molecule has 0 bridgehead atoms. The molecule has 1 saturated heterocycles. The van der Waals surface area contributed by atoms with Crippen molar-refractivity contribution < 1.29 is 13.9 Å². The molecule has 4 heteroatoms. The van der Waals surface area contributed by atoms with E-state index < -0.39 is 0 Å². The Hall–Kier alpha value is -1.24. The van der Waals surface area contributed by atoms with E-state index in [0.29, 0.717) is 36.3 Å². The molecule has 2 nitrogen and oxygen atoms in total. The van der Waals surface area contributed by atoms with Gasteiger partial charge in [0.1, 0.15) is 18.2 Å². The van der Waals surface area contributed by atoms with Gasteiger partial charge in [-0.05, 0) is 31.9 Å². The Labute approximate surface area is 124 Å². The summed E-state index contributed by atoms with van der Waals surface area (Å²) in [6.45, 7) is 2.51. The Morgan fingerprint density at radius 1 is 1.45 bits per heavy atom. The van der Waals surface area contributed by atoms with Crippen molar-refractivity contribution in [3.8, 4) is 17.6 Å². The van der Waals surface area contributed by atoms with E-state index in [1.165, 1.54) is 6.07 Å². The Morgan fingerprint density at radius 3 is 2.95 bits per heavy atom. The Morgan fingerprint density at radius 2 is 2.30 bits per heavy atom. The second-order valence-electron chi connectivity index (χ2n) is 4.84. The van der Waals surface area contributed by atoms with Crippen LogP contribution in [0.25, 0.3) is 0 Å². The number of ether oxygens (including phenoxy) is 2. The lowest BCUT2D eigenvalue weighted by Gasteiger charge is -2.12. The van der Waals surface area contributed by atoms with Gasteiger partial charge in [-0.2, -0.15) is 0 Å². The second kappa shape index (κ2) is 7.52. The lowest BCUT2D eigenvalue weighted by Crippen LogP contribution is -2.17. The van der Waals surface area contributed by atoms with Crippen LogP contribution in [0.4, 0.5) is 4.39 Å². The van der Waals surface area contributed by atoms with Crippen LogP contribution in [0.5, 0.6) is 5.75 Å². The van der Waals surface area contributed by atoms with Crippen molar-refractivity contribution in [2.75, 3.05) is 12.5 Å². The normalized spacial score (nSPS) is 21.4. The largest absolute Gasteiger partial charge is 0.491 e. The fourth-order valence-electron chi connectivity index (χ4n) is 2.09. The van der Waals surface area contributed by atoms with Crippen LogP contribution >= 0.6 is 11.6 Å². The third-order valence-electron chi connectivity index (χ3n) is 3.14. The van der Waals surface area contributed by atoms with Crippen molar-refractivity contribution in [3.63, 3.8) is 0 Å². The minimum absolute atomic E-state index is 0.108.